The van der Waals surface area contributed by atoms with Crippen LogP contribution in [0, 0.1) is 0 Å². The molecule has 0 aliphatic rings. The van der Waals surface area contributed by atoms with Gasteiger partial charge >= 0.3 is 0 Å². The highest BCUT2D eigenvalue weighted by Gasteiger charge is 2.00. The number of carbonyl (C=O) groups excluding carboxylic acids is 1. The van der Waals surface area contributed by atoms with E-state index in [2.05, 4.69) is 32.7 Å². The Labute approximate surface area is 82.5 Å². The molecule has 0 radical (unpaired) electrons. The number of amides is 1. The van der Waals surface area contributed by atoms with Crippen molar-refractivity contribution in [2.45, 2.75) is 19.9 Å². The van der Waals surface area contributed by atoms with Crippen LogP contribution in [0.1, 0.15) is 19.2 Å². The first-order valence-corrected chi connectivity index (χ1v) is 4.64. The van der Waals surface area contributed by atoms with Gasteiger partial charge in [0.1, 0.15) is 12.2 Å². The number of nitrogens with zero attached hydrogens (tertiary/aromatic N) is 2. The lowest BCUT2D eigenvalue weighted by Crippen LogP contribution is -2.34. The topological polar surface area (TPSA) is 82.7 Å². The van der Waals surface area contributed by atoms with Gasteiger partial charge in [-0.15, -0.1) is 0 Å². The van der Waals surface area contributed by atoms with E-state index in [0.29, 0.717) is 18.9 Å². The molecular weight excluding hydrogens is 182 g/mol. The highest BCUT2D eigenvalue weighted by Crippen LogP contribution is 1.82. The number of carbonyl (C=O) groups is 1. The van der Waals surface area contributed by atoms with Gasteiger partial charge in [0.05, 0.1) is 13.1 Å². The third kappa shape index (κ3) is 3.99. The maximum atomic E-state index is 11.2. The maximum Gasteiger partial charge on any atom is 0.234 e. The monoisotopic (exact) mass is 197 g/mol. The standard InChI is InChI=1S/C8H15N5O/c1-2-3-9-5-8(14)10-4-7-11-6-12-13-7/h6,9H,2-5H2,1H3,(H,10,14)(H,11,12,13). The van der Waals surface area contributed by atoms with Crippen molar-refractivity contribution in [2.75, 3.05) is 13.1 Å². The molecule has 0 aliphatic heterocycles. The van der Waals surface area contributed by atoms with Crippen LogP contribution in [-0.4, -0.2) is 34.2 Å². The Morgan fingerprint density at radius 1 is 1.64 bits per heavy atom. The van der Waals surface area contributed by atoms with Gasteiger partial charge in [0.15, 0.2) is 0 Å². The Morgan fingerprint density at radius 2 is 2.50 bits per heavy atom. The van der Waals surface area contributed by atoms with Crippen LogP contribution in [0.25, 0.3) is 0 Å². The number of aromatic nitrogens is 3. The van der Waals surface area contributed by atoms with Crippen molar-refractivity contribution in [3.63, 3.8) is 0 Å². The Bertz CT molecular complexity index is 259. The molecule has 0 aliphatic carbocycles. The summed E-state index contributed by atoms with van der Waals surface area (Å²) in [6.45, 7) is 3.66. The minimum absolute atomic E-state index is 0.0325. The molecule has 6 heteroatoms. The fourth-order valence-electron chi connectivity index (χ4n) is 0.939. The summed E-state index contributed by atoms with van der Waals surface area (Å²) in [4.78, 5) is 15.1. The second kappa shape index (κ2) is 6.09. The lowest BCUT2D eigenvalue weighted by molar-refractivity contribution is -0.120. The lowest BCUT2D eigenvalue weighted by Gasteiger charge is -2.03. The number of H-pyrrole nitrogens is 1. The Balaban J connectivity index is 2.09. The van der Waals surface area contributed by atoms with Crippen LogP contribution in [0.4, 0.5) is 0 Å². The average molecular weight is 197 g/mol. The molecule has 0 bridgehead atoms. The zero-order valence-corrected chi connectivity index (χ0v) is 8.21. The lowest BCUT2D eigenvalue weighted by atomic mass is 10.4. The summed E-state index contributed by atoms with van der Waals surface area (Å²) < 4.78 is 0. The van der Waals surface area contributed by atoms with E-state index in [4.69, 9.17) is 0 Å². The molecule has 0 spiro atoms. The molecule has 0 atom stereocenters. The molecule has 0 unspecified atom stereocenters. The minimum atomic E-state index is -0.0325. The predicted molar refractivity (Wildman–Crippen MR) is 51.4 cm³/mol. The highest BCUT2D eigenvalue weighted by molar-refractivity contribution is 5.77. The molecular formula is C8H15N5O. The van der Waals surface area contributed by atoms with Crippen molar-refractivity contribution >= 4 is 5.91 Å². The summed E-state index contributed by atoms with van der Waals surface area (Å²) in [7, 11) is 0. The van der Waals surface area contributed by atoms with Gasteiger partial charge in [0.2, 0.25) is 5.91 Å². The van der Waals surface area contributed by atoms with E-state index in [1.54, 1.807) is 0 Å². The third-order valence-electron chi connectivity index (χ3n) is 1.63. The van der Waals surface area contributed by atoms with E-state index in [-0.39, 0.29) is 5.91 Å². The molecule has 14 heavy (non-hydrogen) atoms. The van der Waals surface area contributed by atoms with Crippen LogP contribution in [0.2, 0.25) is 0 Å². The van der Waals surface area contributed by atoms with Crippen molar-refractivity contribution < 1.29 is 4.79 Å². The zero-order valence-electron chi connectivity index (χ0n) is 8.21. The summed E-state index contributed by atoms with van der Waals surface area (Å²) in [6, 6.07) is 0. The van der Waals surface area contributed by atoms with Crippen molar-refractivity contribution in [1.29, 1.82) is 0 Å². The van der Waals surface area contributed by atoms with Crippen LogP contribution in [0.15, 0.2) is 6.33 Å². The molecule has 3 N–H and O–H groups in total. The normalized spacial score (nSPS) is 10.1. The quantitative estimate of drug-likeness (QED) is 0.533. The first kappa shape index (κ1) is 10.6. The van der Waals surface area contributed by atoms with E-state index in [9.17, 15) is 4.79 Å². The van der Waals surface area contributed by atoms with E-state index in [0.717, 1.165) is 13.0 Å². The van der Waals surface area contributed by atoms with Gasteiger partial charge < -0.3 is 10.6 Å². The van der Waals surface area contributed by atoms with Gasteiger partial charge in [-0.1, -0.05) is 6.92 Å². The molecule has 6 nitrogen and oxygen atoms in total. The smallest absolute Gasteiger partial charge is 0.234 e. The van der Waals surface area contributed by atoms with Crippen molar-refractivity contribution in [1.82, 2.24) is 25.8 Å². The molecule has 0 fully saturated rings. The van der Waals surface area contributed by atoms with E-state index in [1.807, 2.05) is 0 Å². The first-order valence-electron chi connectivity index (χ1n) is 4.64. The molecule has 1 aromatic heterocycles. The van der Waals surface area contributed by atoms with E-state index < -0.39 is 0 Å². The first-order chi connectivity index (χ1) is 6.83. The number of nitrogens with one attached hydrogen (secondary N) is 3. The van der Waals surface area contributed by atoms with Crippen LogP contribution in [0.3, 0.4) is 0 Å². The predicted octanol–water partition coefficient (Wildman–Crippen LogP) is -0.579. The molecule has 0 saturated carbocycles. The van der Waals surface area contributed by atoms with Gasteiger partial charge in [-0.3, -0.25) is 9.89 Å². The average Bonchev–Trinajstić information content (AvgIpc) is 2.68. The van der Waals surface area contributed by atoms with Crippen molar-refractivity contribution in [2.24, 2.45) is 0 Å². The van der Waals surface area contributed by atoms with E-state index >= 15 is 0 Å². The summed E-state index contributed by atoms with van der Waals surface area (Å²) in [5, 5.41) is 12.1. The fourth-order valence-corrected chi connectivity index (χ4v) is 0.939. The number of rotatable bonds is 6. The van der Waals surface area contributed by atoms with Crippen LogP contribution in [0.5, 0.6) is 0 Å². The minimum Gasteiger partial charge on any atom is -0.348 e. The van der Waals surface area contributed by atoms with Crippen LogP contribution in [-0.2, 0) is 11.3 Å². The van der Waals surface area contributed by atoms with Crippen LogP contribution >= 0.6 is 0 Å². The molecule has 0 saturated heterocycles. The maximum absolute atomic E-state index is 11.2. The molecule has 78 valence electrons. The summed E-state index contributed by atoms with van der Waals surface area (Å²) in [5.74, 6) is 0.628. The number of hydrogen-bond acceptors (Lipinski definition) is 4. The van der Waals surface area contributed by atoms with E-state index in [1.165, 1.54) is 6.33 Å². The molecule has 1 aromatic rings. The van der Waals surface area contributed by atoms with Crippen molar-refractivity contribution in [3.8, 4) is 0 Å². The Morgan fingerprint density at radius 3 is 3.14 bits per heavy atom. The van der Waals surface area contributed by atoms with Gasteiger partial charge in [-0.25, -0.2) is 4.98 Å². The summed E-state index contributed by atoms with van der Waals surface area (Å²) in [6.07, 6.45) is 2.44. The van der Waals surface area contributed by atoms with Gasteiger partial charge in [0.25, 0.3) is 0 Å². The molecule has 0 aromatic carbocycles. The number of aromatic amines is 1. The van der Waals surface area contributed by atoms with Crippen LogP contribution < -0.4 is 10.6 Å². The van der Waals surface area contributed by atoms with Gasteiger partial charge in [0, 0.05) is 0 Å². The largest absolute Gasteiger partial charge is 0.348 e. The Hall–Kier alpha value is -1.43. The fraction of sp³-hybridized carbons (Fsp3) is 0.625. The second-order valence-corrected chi connectivity index (χ2v) is 2.89. The zero-order chi connectivity index (χ0) is 10.2. The third-order valence-corrected chi connectivity index (χ3v) is 1.63. The summed E-state index contributed by atoms with van der Waals surface area (Å²) in [5.41, 5.74) is 0. The summed E-state index contributed by atoms with van der Waals surface area (Å²) >= 11 is 0. The van der Waals surface area contributed by atoms with Gasteiger partial charge in [-0.2, -0.15) is 5.10 Å². The number of hydrogen-bond donors (Lipinski definition) is 3. The molecule has 1 heterocycles. The SMILES string of the molecule is CCCNCC(=O)NCc1ncn[nH]1. The highest BCUT2D eigenvalue weighted by atomic mass is 16.1. The second-order valence-electron chi connectivity index (χ2n) is 2.89. The Kier molecular flexibility index (Phi) is 4.63. The molecule has 1 rings (SSSR count). The van der Waals surface area contributed by atoms with Gasteiger partial charge in [-0.05, 0) is 13.0 Å². The molecule has 1 amide bonds. The van der Waals surface area contributed by atoms with Crippen molar-refractivity contribution in [3.05, 3.63) is 12.2 Å².